The van der Waals surface area contributed by atoms with E-state index >= 15 is 0 Å². The molecule has 1 aromatic rings. The van der Waals surface area contributed by atoms with Crippen LogP contribution in [0.3, 0.4) is 0 Å². The van der Waals surface area contributed by atoms with E-state index in [9.17, 15) is 4.39 Å². The number of halogens is 1. The Morgan fingerprint density at radius 3 is 2.50 bits per heavy atom. The summed E-state index contributed by atoms with van der Waals surface area (Å²) < 4.78 is 12.6. The van der Waals surface area contributed by atoms with E-state index in [0.717, 1.165) is 17.2 Å². The van der Waals surface area contributed by atoms with Crippen LogP contribution in [0.5, 0.6) is 0 Å². The molecule has 90 valence electrons. The lowest BCUT2D eigenvalue weighted by atomic mass is 10.3. The van der Waals surface area contributed by atoms with E-state index in [1.54, 1.807) is 11.8 Å². The van der Waals surface area contributed by atoms with Crippen molar-refractivity contribution < 1.29 is 4.39 Å². The fourth-order valence-corrected chi connectivity index (χ4v) is 2.25. The quantitative estimate of drug-likeness (QED) is 0.577. The Hall–Kier alpha value is -0.540. The van der Waals surface area contributed by atoms with E-state index in [1.165, 1.54) is 25.0 Å². The summed E-state index contributed by atoms with van der Waals surface area (Å²) in [4.78, 5) is 1.15. The summed E-state index contributed by atoms with van der Waals surface area (Å²) in [6.45, 7) is 5.40. The Morgan fingerprint density at radius 1 is 1.19 bits per heavy atom. The Bertz CT molecular complexity index is 284. The van der Waals surface area contributed by atoms with E-state index in [4.69, 9.17) is 0 Å². The van der Waals surface area contributed by atoms with Gasteiger partial charge in [-0.05, 0) is 49.4 Å². The van der Waals surface area contributed by atoms with Crippen molar-refractivity contribution in [3.05, 3.63) is 30.1 Å². The number of hydrogen-bond donors (Lipinski definition) is 1. The maximum absolute atomic E-state index is 12.6. The molecule has 0 aromatic heterocycles. The molecule has 0 amide bonds. The van der Waals surface area contributed by atoms with E-state index in [1.807, 2.05) is 12.1 Å². The van der Waals surface area contributed by atoms with Gasteiger partial charge in [-0.15, -0.1) is 11.8 Å². The molecular formula is C13H20FNS. The van der Waals surface area contributed by atoms with Gasteiger partial charge in [0.05, 0.1) is 0 Å². The van der Waals surface area contributed by atoms with Gasteiger partial charge >= 0.3 is 0 Å². The molecule has 0 atom stereocenters. The Kier molecular flexibility index (Phi) is 6.50. The first-order valence-corrected chi connectivity index (χ1v) is 6.79. The van der Waals surface area contributed by atoms with Crippen molar-refractivity contribution in [1.82, 2.24) is 5.32 Å². The number of rotatable bonds is 7. The van der Waals surface area contributed by atoms with E-state index in [0.29, 0.717) is 6.04 Å². The molecule has 0 fully saturated rings. The van der Waals surface area contributed by atoms with Crippen LogP contribution in [0.2, 0.25) is 0 Å². The molecule has 1 nitrogen and oxygen atoms in total. The molecule has 1 rings (SSSR count). The fraction of sp³-hybridized carbons (Fsp3) is 0.538. The van der Waals surface area contributed by atoms with E-state index in [-0.39, 0.29) is 5.82 Å². The van der Waals surface area contributed by atoms with Gasteiger partial charge in [-0.2, -0.15) is 0 Å². The van der Waals surface area contributed by atoms with E-state index in [2.05, 4.69) is 19.2 Å². The molecule has 0 unspecified atom stereocenters. The van der Waals surface area contributed by atoms with Crippen molar-refractivity contribution in [3.8, 4) is 0 Å². The second-order valence-corrected chi connectivity index (χ2v) is 5.29. The molecule has 0 saturated heterocycles. The highest BCUT2D eigenvalue weighted by Crippen LogP contribution is 2.19. The minimum absolute atomic E-state index is 0.162. The highest BCUT2D eigenvalue weighted by atomic mass is 32.2. The summed E-state index contributed by atoms with van der Waals surface area (Å²) in [5, 5.41) is 3.39. The van der Waals surface area contributed by atoms with Crippen LogP contribution >= 0.6 is 11.8 Å². The second kappa shape index (κ2) is 7.69. The zero-order valence-corrected chi connectivity index (χ0v) is 10.8. The molecule has 16 heavy (non-hydrogen) atoms. The minimum Gasteiger partial charge on any atom is -0.315 e. The molecule has 3 heteroatoms. The van der Waals surface area contributed by atoms with Gasteiger partial charge in [0.2, 0.25) is 0 Å². The van der Waals surface area contributed by atoms with Crippen LogP contribution in [-0.2, 0) is 0 Å². The highest BCUT2D eigenvalue weighted by molar-refractivity contribution is 7.99. The molecule has 0 heterocycles. The monoisotopic (exact) mass is 241 g/mol. The van der Waals surface area contributed by atoms with Gasteiger partial charge in [0, 0.05) is 10.9 Å². The average Bonchev–Trinajstić information content (AvgIpc) is 2.25. The van der Waals surface area contributed by atoms with Crippen molar-refractivity contribution >= 4 is 11.8 Å². The number of benzene rings is 1. The number of nitrogens with one attached hydrogen (secondary N) is 1. The molecule has 1 aromatic carbocycles. The van der Waals surface area contributed by atoms with Gasteiger partial charge in [0.1, 0.15) is 5.82 Å². The number of hydrogen-bond acceptors (Lipinski definition) is 2. The van der Waals surface area contributed by atoms with Crippen LogP contribution in [0, 0.1) is 5.82 Å². The normalized spacial score (nSPS) is 11.0. The SMILES string of the molecule is CC(C)NCCCCSc1ccc(F)cc1. The van der Waals surface area contributed by atoms with Gasteiger partial charge in [0.15, 0.2) is 0 Å². The van der Waals surface area contributed by atoms with Gasteiger partial charge in [-0.1, -0.05) is 13.8 Å². The van der Waals surface area contributed by atoms with Crippen LogP contribution in [-0.4, -0.2) is 18.3 Å². The van der Waals surface area contributed by atoms with E-state index < -0.39 is 0 Å². The standard InChI is InChI=1S/C13H20FNS/c1-11(2)15-9-3-4-10-16-13-7-5-12(14)6-8-13/h5-8,11,15H,3-4,9-10H2,1-2H3. The molecule has 0 saturated carbocycles. The molecule has 1 N–H and O–H groups in total. The summed E-state index contributed by atoms with van der Waals surface area (Å²) in [5.41, 5.74) is 0. The zero-order chi connectivity index (χ0) is 11.8. The average molecular weight is 241 g/mol. The first-order valence-electron chi connectivity index (χ1n) is 5.80. The zero-order valence-electron chi connectivity index (χ0n) is 10.0. The van der Waals surface area contributed by atoms with Gasteiger partial charge in [0.25, 0.3) is 0 Å². The number of thioether (sulfide) groups is 1. The lowest BCUT2D eigenvalue weighted by Gasteiger charge is -2.07. The number of unbranched alkanes of at least 4 members (excludes halogenated alkanes) is 1. The highest BCUT2D eigenvalue weighted by Gasteiger charge is 1.96. The van der Waals surface area contributed by atoms with Crippen LogP contribution in [0.1, 0.15) is 26.7 Å². The maximum atomic E-state index is 12.6. The summed E-state index contributed by atoms with van der Waals surface area (Å²) >= 11 is 1.79. The lowest BCUT2D eigenvalue weighted by molar-refractivity contribution is 0.567. The second-order valence-electron chi connectivity index (χ2n) is 4.12. The van der Waals surface area contributed by atoms with Crippen LogP contribution in [0.15, 0.2) is 29.2 Å². The summed E-state index contributed by atoms with van der Waals surface area (Å²) in [7, 11) is 0. The third-order valence-corrected chi connectivity index (χ3v) is 3.30. The van der Waals surface area contributed by atoms with Crippen molar-refractivity contribution in [2.45, 2.75) is 37.6 Å². The first kappa shape index (κ1) is 13.5. The van der Waals surface area contributed by atoms with Crippen LogP contribution in [0.4, 0.5) is 4.39 Å². The molecule has 0 aliphatic carbocycles. The van der Waals surface area contributed by atoms with Gasteiger partial charge in [-0.25, -0.2) is 4.39 Å². The molecule has 0 radical (unpaired) electrons. The van der Waals surface area contributed by atoms with Crippen molar-refractivity contribution in [1.29, 1.82) is 0 Å². The Balaban J connectivity index is 2.05. The van der Waals surface area contributed by atoms with Gasteiger partial charge in [-0.3, -0.25) is 0 Å². The first-order chi connectivity index (χ1) is 7.68. The topological polar surface area (TPSA) is 12.0 Å². The smallest absolute Gasteiger partial charge is 0.123 e. The Labute approximate surface area is 102 Å². The third kappa shape index (κ3) is 6.13. The third-order valence-electron chi connectivity index (χ3n) is 2.21. The summed E-state index contributed by atoms with van der Waals surface area (Å²) in [6, 6.07) is 7.29. The molecule has 0 bridgehead atoms. The summed E-state index contributed by atoms with van der Waals surface area (Å²) in [6.07, 6.45) is 2.40. The largest absolute Gasteiger partial charge is 0.315 e. The Morgan fingerprint density at radius 2 is 1.88 bits per heavy atom. The molecule has 0 aliphatic rings. The van der Waals surface area contributed by atoms with Gasteiger partial charge < -0.3 is 5.32 Å². The molecule has 0 spiro atoms. The summed E-state index contributed by atoms with van der Waals surface area (Å²) in [5.74, 6) is 0.941. The predicted molar refractivity (Wildman–Crippen MR) is 69.5 cm³/mol. The predicted octanol–water partition coefficient (Wildman–Crippen LogP) is 3.70. The van der Waals surface area contributed by atoms with Crippen LogP contribution < -0.4 is 5.32 Å². The van der Waals surface area contributed by atoms with Crippen molar-refractivity contribution in [2.75, 3.05) is 12.3 Å². The van der Waals surface area contributed by atoms with Crippen LogP contribution in [0.25, 0.3) is 0 Å². The maximum Gasteiger partial charge on any atom is 0.123 e. The minimum atomic E-state index is -0.162. The molecular weight excluding hydrogens is 221 g/mol. The fourth-order valence-electron chi connectivity index (χ4n) is 1.34. The molecule has 0 aliphatic heterocycles. The lowest BCUT2D eigenvalue weighted by Crippen LogP contribution is -2.23. The van der Waals surface area contributed by atoms with Crippen molar-refractivity contribution in [2.24, 2.45) is 0 Å². The van der Waals surface area contributed by atoms with Crippen molar-refractivity contribution in [3.63, 3.8) is 0 Å².